The van der Waals surface area contributed by atoms with Crippen molar-refractivity contribution >= 4 is 17.3 Å². The van der Waals surface area contributed by atoms with Crippen molar-refractivity contribution in [3.63, 3.8) is 0 Å². The predicted molar refractivity (Wildman–Crippen MR) is 79.5 cm³/mol. The molecule has 1 aliphatic rings. The van der Waals surface area contributed by atoms with E-state index in [9.17, 15) is 9.90 Å². The number of benzene rings is 1. The Bertz CT molecular complexity index is 627. The van der Waals surface area contributed by atoms with Crippen LogP contribution in [0.15, 0.2) is 30.3 Å². The molecule has 1 aromatic carbocycles. The molecule has 1 N–H and O–H groups in total. The maximum absolute atomic E-state index is 11.3. The maximum Gasteiger partial charge on any atom is 0.347 e. The zero-order valence-corrected chi connectivity index (χ0v) is 12.2. The molecule has 0 amide bonds. The SMILES string of the molecule is Cc1nc(C2(c3ccccc3)CCCC2)sc1C(=O)O. The Labute approximate surface area is 122 Å². The van der Waals surface area contributed by atoms with Gasteiger partial charge in [0.1, 0.15) is 9.88 Å². The number of hydrogen-bond donors (Lipinski definition) is 1. The summed E-state index contributed by atoms with van der Waals surface area (Å²) in [6.45, 7) is 1.79. The fourth-order valence-electron chi connectivity index (χ4n) is 3.16. The Balaban J connectivity index is 2.12. The average Bonchev–Trinajstić information content (AvgIpc) is 3.07. The van der Waals surface area contributed by atoms with Crippen molar-refractivity contribution in [2.75, 3.05) is 0 Å². The second-order valence-electron chi connectivity index (χ2n) is 5.39. The molecule has 1 aliphatic carbocycles. The largest absolute Gasteiger partial charge is 0.477 e. The molecule has 0 atom stereocenters. The van der Waals surface area contributed by atoms with Crippen LogP contribution in [-0.2, 0) is 5.41 Å². The van der Waals surface area contributed by atoms with Gasteiger partial charge in [-0.2, -0.15) is 0 Å². The van der Waals surface area contributed by atoms with Crippen LogP contribution < -0.4 is 0 Å². The van der Waals surface area contributed by atoms with Gasteiger partial charge in [-0.25, -0.2) is 9.78 Å². The first-order valence-electron chi connectivity index (χ1n) is 6.90. The maximum atomic E-state index is 11.3. The molecule has 1 heterocycles. The first-order chi connectivity index (χ1) is 9.63. The minimum absolute atomic E-state index is 0.0790. The summed E-state index contributed by atoms with van der Waals surface area (Å²) in [4.78, 5) is 16.2. The van der Waals surface area contributed by atoms with Gasteiger partial charge in [0.15, 0.2) is 0 Å². The number of hydrogen-bond acceptors (Lipinski definition) is 3. The lowest BCUT2D eigenvalue weighted by Crippen LogP contribution is -2.23. The van der Waals surface area contributed by atoms with E-state index in [1.54, 1.807) is 6.92 Å². The van der Waals surface area contributed by atoms with Crippen LogP contribution in [-0.4, -0.2) is 16.1 Å². The first-order valence-corrected chi connectivity index (χ1v) is 7.72. The Kier molecular flexibility index (Phi) is 3.34. The number of carboxylic acids is 1. The van der Waals surface area contributed by atoms with Gasteiger partial charge in [0.05, 0.1) is 5.69 Å². The summed E-state index contributed by atoms with van der Waals surface area (Å²) >= 11 is 1.35. The molecule has 0 saturated heterocycles. The van der Waals surface area contributed by atoms with Crippen molar-refractivity contribution in [1.29, 1.82) is 0 Å². The van der Waals surface area contributed by atoms with E-state index < -0.39 is 5.97 Å². The quantitative estimate of drug-likeness (QED) is 0.928. The Morgan fingerprint density at radius 2 is 1.90 bits per heavy atom. The number of thiazole rings is 1. The smallest absolute Gasteiger partial charge is 0.347 e. The number of aromatic nitrogens is 1. The fraction of sp³-hybridized carbons (Fsp3) is 0.375. The Morgan fingerprint density at radius 1 is 1.25 bits per heavy atom. The van der Waals surface area contributed by atoms with E-state index in [0.717, 1.165) is 17.8 Å². The second-order valence-corrected chi connectivity index (χ2v) is 6.39. The van der Waals surface area contributed by atoms with Gasteiger partial charge in [-0.3, -0.25) is 0 Å². The Morgan fingerprint density at radius 3 is 2.45 bits per heavy atom. The number of aryl methyl sites for hydroxylation is 1. The highest BCUT2D eigenvalue weighted by Gasteiger charge is 2.40. The molecule has 0 aliphatic heterocycles. The lowest BCUT2D eigenvalue weighted by atomic mass is 9.79. The van der Waals surface area contributed by atoms with E-state index in [0.29, 0.717) is 10.6 Å². The van der Waals surface area contributed by atoms with Crippen LogP contribution in [0.2, 0.25) is 0 Å². The lowest BCUT2D eigenvalue weighted by molar-refractivity contribution is 0.0701. The molecule has 1 fully saturated rings. The predicted octanol–water partition coefficient (Wildman–Crippen LogP) is 4.01. The van der Waals surface area contributed by atoms with Crippen LogP contribution in [0.1, 0.15) is 51.6 Å². The summed E-state index contributed by atoms with van der Waals surface area (Å²) in [6.07, 6.45) is 4.47. The highest BCUT2D eigenvalue weighted by Crippen LogP contribution is 2.47. The van der Waals surface area contributed by atoms with Crippen LogP contribution in [0.3, 0.4) is 0 Å². The monoisotopic (exact) mass is 287 g/mol. The third-order valence-corrected chi connectivity index (χ3v) is 5.53. The van der Waals surface area contributed by atoms with E-state index in [1.165, 1.54) is 29.7 Å². The highest BCUT2D eigenvalue weighted by molar-refractivity contribution is 7.13. The van der Waals surface area contributed by atoms with Gasteiger partial charge < -0.3 is 5.11 Å². The second kappa shape index (κ2) is 5.02. The standard InChI is InChI=1S/C16H17NO2S/c1-11-13(14(18)19)20-15(17-11)16(9-5-6-10-16)12-7-3-2-4-8-12/h2-4,7-8H,5-6,9-10H2,1H3,(H,18,19). The van der Waals surface area contributed by atoms with E-state index in [-0.39, 0.29) is 5.41 Å². The minimum atomic E-state index is -0.868. The van der Waals surface area contributed by atoms with E-state index in [4.69, 9.17) is 0 Å². The molecule has 0 bridgehead atoms. The molecule has 0 radical (unpaired) electrons. The first kappa shape index (κ1) is 13.3. The fourth-order valence-corrected chi connectivity index (χ4v) is 4.34. The van der Waals surface area contributed by atoms with Crippen molar-refractivity contribution in [1.82, 2.24) is 4.98 Å². The van der Waals surface area contributed by atoms with Gasteiger partial charge in [-0.05, 0) is 25.3 Å². The lowest BCUT2D eigenvalue weighted by Gasteiger charge is -2.27. The van der Waals surface area contributed by atoms with Crippen molar-refractivity contribution in [2.24, 2.45) is 0 Å². The van der Waals surface area contributed by atoms with Crippen molar-refractivity contribution in [3.05, 3.63) is 51.5 Å². The normalized spacial score (nSPS) is 17.2. The molecule has 0 unspecified atom stereocenters. The van der Waals surface area contributed by atoms with Crippen LogP contribution in [0.5, 0.6) is 0 Å². The number of carbonyl (C=O) groups is 1. The van der Waals surface area contributed by atoms with E-state index in [2.05, 4.69) is 17.1 Å². The summed E-state index contributed by atoms with van der Waals surface area (Å²) in [7, 11) is 0. The zero-order chi connectivity index (χ0) is 14.2. The molecule has 4 heteroatoms. The van der Waals surface area contributed by atoms with E-state index in [1.807, 2.05) is 18.2 Å². The molecular formula is C16H17NO2S. The number of nitrogens with zero attached hydrogens (tertiary/aromatic N) is 1. The number of rotatable bonds is 3. The molecule has 0 spiro atoms. The zero-order valence-electron chi connectivity index (χ0n) is 11.4. The van der Waals surface area contributed by atoms with Crippen molar-refractivity contribution in [2.45, 2.75) is 38.0 Å². The van der Waals surface area contributed by atoms with Crippen LogP contribution >= 0.6 is 11.3 Å². The molecule has 1 aromatic heterocycles. The molecule has 104 valence electrons. The van der Waals surface area contributed by atoms with Gasteiger partial charge in [0, 0.05) is 5.41 Å². The number of carboxylic acid groups (broad SMARTS) is 1. The molecular weight excluding hydrogens is 270 g/mol. The van der Waals surface area contributed by atoms with Gasteiger partial charge in [0.2, 0.25) is 0 Å². The van der Waals surface area contributed by atoms with E-state index >= 15 is 0 Å². The summed E-state index contributed by atoms with van der Waals surface area (Å²) in [5, 5.41) is 10.2. The van der Waals surface area contributed by atoms with Crippen molar-refractivity contribution < 1.29 is 9.90 Å². The van der Waals surface area contributed by atoms with Gasteiger partial charge in [0.25, 0.3) is 0 Å². The van der Waals surface area contributed by atoms with Crippen LogP contribution in [0, 0.1) is 6.92 Å². The van der Waals surface area contributed by atoms with Crippen LogP contribution in [0.25, 0.3) is 0 Å². The summed E-state index contributed by atoms with van der Waals surface area (Å²) < 4.78 is 0. The molecule has 3 nitrogen and oxygen atoms in total. The minimum Gasteiger partial charge on any atom is -0.477 e. The molecule has 20 heavy (non-hydrogen) atoms. The summed E-state index contributed by atoms with van der Waals surface area (Å²) in [5.41, 5.74) is 1.83. The number of aromatic carboxylic acids is 1. The molecule has 3 rings (SSSR count). The Hall–Kier alpha value is -1.68. The van der Waals surface area contributed by atoms with Crippen molar-refractivity contribution in [3.8, 4) is 0 Å². The average molecular weight is 287 g/mol. The summed E-state index contributed by atoms with van der Waals surface area (Å²) in [5.74, 6) is -0.868. The molecule has 1 saturated carbocycles. The highest BCUT2D eigenvalue weighted by atomic mass is 32.1. The third-order valence-electron chi connectivity index (χ3n) is 4.18. The van der Waals surface area contributed by atoms with Gasteiger partial charge >= 0.3 is 5.97 Å². The van der Waals surface area contributed by atoms with Gasteiger partial charge in [-0.15, -0.1) is 11.3 Å². The van der Waals surface area contributed by atoms with Crippen LogP contribution in [0.4, 0.5) is 0 Å². The van der Waals surface area contributed by atoms with Gasteiger partial charge in [-0.1, -0.05) is 43.2 Å². The molecule has 2 aromatic rings. The summed E-state index contributed by atoms with van der Waals surface area (Å²) in [6, 6.07) is 10.4. The topological polar surface area (TPSA) is 50.2 Å². The third kappa shape index (κ3) is 2.04.